The highest BCUT2D eigenvalue weighted by atomic mass is 16.6. The number of carbonyl (C=O) groups is 1. The van der Waals surface area contributed by atoms with Gasteiger partial charge in [0, 0.05) is 43.1 Å². The van der Waals surface area contributed by atoms with E-state index in [1.807, 2.05) is 66.9 Å². The quantitative estimate of drug-likeness (QED) is 0.261. The van der Waals surface area contributed by atoms with E-state index >= 15 is 0 Å². The molecular weight excluding hydrogens is 556 g/mol. The number of rotatable bonds is 6. The Morgan fingerprint density at radius 3 is 2.45 bits per heavy atom. The molecule has 2 aromatic carbocycles. The van der Waals surface area contributed by atoms with Gasteiger partial charge in [-0.15, -0.1) is 5.10 Å². The summed E-state index contributed by atoms with van der Waals surface area (Å²) < 4.78 is 12.9. The Bertz CT molecular complexity index is 1820. The fraction of sp³-hybridized carbons (Fsp3) is 0.303. The van der Waals surface area contributed by atoms with Crippen LogP contribution in [0.25, 0.3) is 27.7 Å². The molecule has 2 aliphatic heterocycles. The first-order valence-corrected chi connectivity index (χ1v) is 14.7. The summed E-state index contributed by atoms with van der Waals surface area (Å²) in [6, 6.07) is 18.6. The number of piperazine rings is 1. The molecule has 5 heterocycles. The summed E-state index contributed by atoms with van der Waals surface area (Å²) in [6.07, 6.45) is 7.42. The molecule has 7 rings (SSSR count). The predicted molar refractivity (Wildman–Crippen MR) is 169 cm³/mol. The van der Waals surface area contributed by atoms with E-state index < -0.39 is 5.60 Å². The number of ether oxygens (including phenoxy) is 2. The van der Waals surface area contributed by atoms with Crippen molar-refractivity contribution in [2.75, 3.05) is 30.4 Å². The van der Waals surface area contributed by atoms with Gasteiger partial charge in [0.25, 0.3) is 0 Å². The van der Waals surface area contributed by atoms with Crippen molar-refractivity contribution in [3.8, 4) is 22.6 Å². The van der Waals surface area contributed by atoms with Gasteiger partial charge >= 0.3 is 6.09 Å². The first-order valence-electron chi connectivity index (χ1n) is 14.7. The van der Waals surface area contributed by atoms with Gasteiger partial charge in [0.05, 0.1) is 36.6 Å². The zero-order valence-electron chi connectivity index (χ0n) is 25.1. The Morgan fingerprint density at radius 1 is 0.932 bits per heavy atom. The van der Waals surface area contributed by atoms with Crippen LogP contribution in [0.2, 0.25) is 0 Å². The van der Waals surface area contributed by atoms with Gasteiger partial charge in [-0.3, -0.25) is 4.98 Å². The third-order valence-corrected chi connectivity index (χ3v) is 8.05. The third kappa shape index (κ3) is 5.25. The summed E-state index contributed by atoms with van der Waals surface area (Å²) in [6.45, 7) is 7.02. The van der Waals surface area contributed by atoms with Crippen molar-refractivity contribution in [2.24, 2.45) is 0 Å². The molecule has 5 aromatic rings. The van der Waals surface area contributed by atoms with Crippen molar-refractivity contribution in [2.45, 2.75) is 44.9 Å². The molecule has 0 saturated carbocycles. The maximum atomic E-state index is 12.8. The lowest BCUT2D eigenvalue weighted by atomic mass is 10.0. The lowest BCUT2D eigenvalue weighted by molar-refractivity contribution is 0.0214. The number of aromatic nitrogens is 5. The van der Waals surface area contributed by atoms with E-state index in [-0.39, 0.29) is 18.2 Å². The minimum Gasteiger partial charge on any atom is -0.497 e. The van der Waals surface area contributed by atoms with E-state index in [4.69, 9.17) is 19.6 Å². The van der Waals surface area contributed by atoms with Crippen molar-refractivity contribution in [1.82, 2.24) is 29.6 Å². The van der Waals surface area contributed by atoms with Crippen LogP contribution in [-0.2, 0) is 4.74 Å². The van der Waals surface area contributed by atoms with Crippen molar-refractivity contribution >= 4 is 34.4 Å². The van der Waals surface area contributed by atoms with Crippen LogP contribution < -0.4 is 15.0 Å². The van der Waals surface area contributed by atoms with E-state index in [1.54, 1.807) is 25.7 Å². The lowest BCUT2D eigenvalue weighted by Crippen LogP contribution is -2.50. The highest BCUT2D eigenvalue weighted by molar-refractivity contribution is 5.95. The second-order valence-corrected chi connectivity index (χ2v) is 12.1. The molecule has 1 N–H and O–H groups in total. The molecule has 11 heteroatoms. The Balaban J connectivity index is 1.23. The maximum Gasteiger partial charge on any atom is 0.410 e. The highest BCUT2D eigenvalue weighted by Crippen LogP contribution is 2.37. The number of methoxy groups -OCH3 is 1. The largest absolute Gasteiger partial charge is 0.497 e. The van der Waals surface area contributed by atoms with Crippen molar-refractivity contribution in [3.05, 3.63) is 79.4 Å². The maximum absolute atomic E-state index is 12.8. The van der Waals surface area contributed by atoms with Gasteiger partial charge in [-0.2, -0.15) is 0 Å². The molecule has 0 unspecified atom stereocenters. The van der Waals surface area contributed by atoms with Crippen molar-refractivity contribution < 1.29 is 14.3 Å². The normalized spacial score (nSPS) is 17.7. The molecule has 2 saturated heterocycles. The fourth-order valence-electron chi connectivity index (χ4n) is 6.04. The first kappa shape index (κ1) is 27.6. The van der Waals surface area contributed by atoms with E-state index in [0.717, 1.165) is 45.7 Å². The van der Waals surface area contributed by atoms with Crippen LogP contribution in [0.15, 0.2) is 79.4 Å². The standard InChI is InChI=1S/C33H34N8O3/c1-33(2,3)44-32(42)40-20-24-16-25(40)19-39(24)30-17-23(11-12-36-30)41-28-15-22(21-5-8-26(43-4)9-6-21)7-10-27(28)31(38-41)37-29-18-34-13-14-35-29/h5-15,17-18,24-25H,16,19-20H2,1-4H3,(H,35,37,38)/t24-,25-/m0/s1. The number of carbonyl (C=O) groups excluding carboxylic acids is 1. The minimum atomic E-state index is -0.519. The average Bonchev–Trinajstić information content (AvgIpc) is 3.74. The Labute approximate surface area is 255 Å². The van der Waals surface area contributed by atoms with Crippen LogP contribution >= 0.6 is 0 Å². The Kier molecular flexibility index (Phi) is 6.80. The van der Waals surface area contributed by atoms with Crippen LogP contribution in [-0.4, -0.2) is 73.6 Å². The molecule has 224 valence electrons. The summed E-state index contributed by atoms with van der Waals surface area (Å²) in [5, 5.41) is 9.29. The Morgan fingerprint density at radius 2 is 1.75 bits per heavy atom. The number of nitrogens with one attached hydrogen (secondary N) is 1. The van der Waals surface area contributed by atoms with Gasteiger partial charge in [0.15, 0.2) is 5.82 Å². The van der Waals surface area contributed by atoms with Crippen LogP contribution in [0.3, 0.4) is 0 Å². The number of pyridine rings is 1. The summed E-state index contributed by atoms with van der Waals surface area (Å²) in [7, 11) is 1.67. The SMILES string of the molecule is COc1ccc(-c2ccc3c(Nc4cnccn4)nn(-c4ccnc(N5C[C@@H]6C[C@H]5CN6C(=O)OC(C)(C)C)c4)c3c2)cc1. The first-order chi connectivity index (χ1) is 21.3. The van der Waals surface area contributed by atoms with Gasteiger partial charge in [0.2, 0.25) is 0 Å². The van der Waals surface area contributed by atoms with Crippen molar-refractivity contribution in [3.63, 3.8) is 0 Å². The van der Waals surface area contributed by atoms with E-state index in [0.29, 0.717) is 24.7 Å². The topological polar surface area (TPSA) is 111 Å². The third-order valence-electron chi connectivity index (χ3n) is 8.05. The van der Waals surface area contributed by atoms with Crippen LogP contribution in [0, 0.1) is 0 Å². The van der Waals surface area contributed by atoms with Gasteiger partial charge in [-0.05, 0) is 68.7 Å². The van der Waals surface area contributed by atoms with E-state index in [9.17, 15) is 4.79 Å². The van der Waals surface area contributed by atoms with Crippen LogP contribution in [0.5, 0.6) is 5.75 Å². The zero-order chi connectivity index (χ0) is 30.4. The zero-order valence-corrected chi connectivity index (χ0v) is 25.1. The molecule has 2 aliphatic rings. The molecule has 3 aromatic heterocycles. The molecule has 2 fully saturated rings. The summed E-state index contributed by atoms with van der Waals surface area (Å²) in [5.41, 5.74) is 3.42. The molecule has 11 nitrogen and oxygen atoms in total. The number of fused-ring (bicyclic) bond motifs is 3. The molecule has 2 bridgehead atoms. The molecule has 0 spiro atoms. The molecule has 0 radical (unpaired) electrons. The summed E-state index contributed by atoms with van der Waals surface area (Å²) >= 11 is 0. The van der Waals surface area contributed by atoms with Crippen molar-refractivity contribution in [1.29, 1.82) is 0 Å². The van der Waals surface area contributed by atoms with Gasteiger partial charge in [0.1, 0.15) is 23.0 Å². The van der Waals surface area contributed by atoms with Crippen LogP contribution in [0.4, 0.5) is 22.2 Å². The number of hydrogen-bond donors (Lipinski definition) is 1. The number of nitrogens with zero attached hydrogens (tertiary/aromatic N) is 7. The van der Waals surface area contributed by atoms with Gasteiger partial charge in [-0.25, -0.2) is 19.4 Å². The smallest absolute Gasteiger partial charge is 0.410 e. The predicted octanol–water partition coefficient (Wildman–Crippen LogP) is 5.83. The molecule has 2 atom stereocenters. The van der Waals surface area contributed by atoms with Gasteiger partial charge < -0.3 is 24.6 Å². The van der Waals surface area contributed by atoms with Crippen LogP contribution in [0.1, 0.15) is 27.2 Å². The number of likely N-dealkylation sites (tertiary alicyclic amines) is 1. The number of anilines is 3. The molecule has 1 amide bonds. The second kappa shape index (κ2) is 10.8. The monoisotopic (exact) mass is 590 g/mol. The highest BCUT2D eigenvalue weighted by Gasteiger charge is 2.47. The van der Waals surface area contributed by atoms with E-state index in [1.165, 1.54) is 0 Å². The number of amides is 1. The number of benzene rings is 2. The summed E-state index contributed by atoms with van der Waals surface area (Å²) in [5.74, 6) is 2.95. The second-order valence-electron chi connectivity index (χ2n) is 12.1. The molecule has 0 aliphatic carbocycles. The molecular formula is C33H34N8O3. The minimum absolute atomic E-state index is 0.0979. The average molecular weight is 591 g/mol. The fourth-order valence-corrected chi connectivity index (χ4v) is 6.04. The number of hydrogen-bond acceptors (Lipinski definition) is 9. The van der Waals surface area contributed by atoms with Gasteiger partial charge in [-0.1, -0.05) is 18.2 Å². The van der Waals surface area contributed by atoms with E-state index in [2.05, 4.69) is 44.5 Å². The summed E-state index contributed by atoms with van der Waals surface area (Å²) in [4.78, 5) is 30.3. The Hall–Kier alpha value is -5.19. The lowest BCUT2D eigenvalue weighted by Gasteiger charge is -2.35. The molecule has 44 heavy (non-hydrogen) atoms.